The molecule has 0 amide bonds. The van der Waals surface area contributed by atoms with Crippen LogP contribution in [0.15, 0.2) is 36.4 Å². The average molecular weight is 365 g/mol. The summed E-state index contributed by atoms with van der Waals surface area (Å²) in [5, 5.41) is 0. The molecule has 0 bridgehead atoms. The molecule has 27 heavy (non-hydrogen) atoms. The van der Waals surface area contributed by atoms with E-state index < -0.39 is 0 Å². The number of carbonyl (C=O) groups excluding carboxylic acids is 2. The first kappa shape index (κ1) is 20.4. The fraction of sp³-hybridized carbons (Fsp3) is 0.261. The minimum atomic E-state index is -0.323. The van der Waals surface area contributed by atoms with E-state index >= 15 is 0 Å². The number of hydrogen-bond acceptors (Lipinski definition) is 3. The summed E-state index contributed by atoms with van der Waals surface area (Å²) in [6.07, 6.45) is 7.76. The van der Waals surface area contributed by atoms with Crippen molar-refractivity contribution >= 4 is 24.7 Å². The Labute approximate surface area is 159 Å². The highest BCUT2D eigenvalue weighted by molar-refractivity contribution is 5.89. The lowest BCUT2D eigenvalue weighted by Gasteiger charge is -2.22. The Bertz CT molecular complexity index is 830. The molecule has 1 aromatic heterocycles. The topological polar surface area (TPSA) is 47.0 Å². The van der Waals surface area contributed by atoms with Crippen LogP contribution >= 0.6 is 0 Å². The summed E-state index contributed by atoms with van der Waals surface area (Å²) in [6, 6.07) is 6.21. The van der Waals surface area contributed by atoms with Gasteiger partial charge in [0.25, 0.3) is 0 Å². The zero-order valence-corrected chi connectivity index (χ0v) is 16.1. The minimum absolute atomic E-state index is 0.122. The molecule has 1 aromatic carbocycles. The second-order valence-corrected chi connectivity index (χ2v) is 6.89. The van der Waals surface area contributed by atoms with Crippen molar-refractivity contribution in [2.75, 3.05) is 0 Å². The number of hydrogen-bond donors (Lipinski definition) is 0. The van der Waals surface area contributed by atoms with Crippen molar-refractivity contribution in [2.45, 2.75) is 39.5 Å². The number of pyridine rings is 1. The summed E-state index contributed by atoms with van der Waals surface area (Å²) in [4.78, 5) is 26.8. The summed E-state index contributed by atoms with van der Waals surface area (Å²) in [5.41, 5.74) is 4.98. The van der Waals surface area contributed by atoms with Crippen molar-refractivity contribution in [3.63, 3.8) is 0 Å². The van der Waals surface area contributed by atoms with Crippen LogP contribution in [-0.2, 0) is 9.59 Å². The molecule has 1 heterocycles. The molecule has 0 saturated heterocycles. The van der Waals surface area contributed by atoms with Crippen LogP contribution in [0.3, 0.4) is 0 Å². The van der Waals surface area contributed by atoms with Crippen LogP contribution in [-0.4, -0.2) is 17.6 Å². The molecule has 0 saturated carbocycles. The van der Waals surface area contributed by atoms with Gasteiger partial charge in [0, 0.05) is 11.1 Å². The van der Waals surface area contributed by atoms with Crippen molar-refractivity contribution in [3.05, 3.63) is 64.7 Å². The monoisotopic (exact) mass is 365 g/mol. The minimum Gasteiger partial charge on any atom is -0.299 e. The van der Waals surface area contributed by atoms with E-state index in [2.05, 4.69) is 0 Å². The molecule has 140 valence electrons. The van der Waals surface area contributed by atoms with Crippen LogP contribution in [0.5, 0.6) is 0 Å². The van der Waals surface area contributed by atoms with E-state index in [1.54, 1.807) is 24.3 Å². The molecule has 0 spiro atoms. The van der Waals surface area contributed by atoms with Gasteiger partial charge in [-0.1, -0.05) is 39.8 Å². The smallest absolute Gasteiger partial charge is 0.142 e. The van der Waals surface area contributed by atoms with E-state index in [-0.39, 0.29) is 17.7 Å². The third-order valence-corrected chi connectivity index (χ3v) is 4.24. The summed E-state index contributed by atoms with van der Waals surface area (Å²) in [7, 11) is 0. The van der Waals surface area contributed by atoms with E-state index in [1.165, 1.54) is 24.3 Å². The molecule has 4 heteroatoms. The average Bonchev–Trinajstić information content (AvgIpc) is 2.64. The summed E-state index contributed by atoms with van der Waals surface area (Å²) in [5.74, 6) is -0.0786. The number of benzene rings is 1. The van der Waals surface area contributed by atoms with E-state index in [9.17, 15) is 14.0 Å². The van der Waals surface area contributed by atoms with E-state index in [0.29, 0.717) is 0 Å². The molecule has 0 atom stereocenters. The predicted octanol–water partition coefficient (Wildman–Crippen LogP) is 5.56. The second-order valence-electron chi connectivity index (χ2n) is 6.89. The Hall–Kier alpha value is -2.88. The van der Waals surface area contributed by atoms with Gasteiger partial charge in [-0.3, -0.25) is 14.6 Å². The molecule has 2 aromatic rings. The number of aromatic nitrogens is 1. The summed E-state index contributed by atoms with van der Waals surface area (Å²) < 4.78 is 13.5. The fourth-order valence-corrected chi connectivity index (χ4v) is 3.07. The third-order valence-electron chi connectivity index (χ3n) is 4.24. The Morgan fingerprint density at radius 3 is 1.63 bits per heavy atom. The van der Waals surface area contributed by atoms with Gasteiger partial charge in [-0.15, -0.1) is 0 Å². The zero-order chi connectivity index (χ0) is 20.0. The summed E-state index contributed by atoms with van der Waals surface area (Å²) in [6.45, 7) is 8.17. The SMILES string of the molecule is CC(C)c1nc(C(C)C)c(/C=C/C=O)c(-c2ccc(F)cc2)c1/C=C/C=O. The number of rotatable bonds is 7. The first-order valence-electron chi connectivity index (χ1n) is 8.98. The Morgan fingerprint density at radius 2 is 1.26 bits per heavy atom. The first-order valence-corrected chi connectivity index (χ1v) is 8.98. The van der Waals surface area contributed by atoms with Gasteiger partial charge in [0.05, 0.1) is 11.4 Å². The van der Waals surface area contributed by atoms with Gasteiger partial charge in [-0.25, -0.2) is 4.39 Å². The first-order chi connectivity index (χ1) is 12.9. The normalized spacial score (nSPS) is 11.8. The molecule has 0 fully saturated rings. The van der Waals surface area contributed by atoms with Gasteiger partial charge in [0.15, 0.2) is 0 Å². The summed E-state index contributed by atoms with van der Waals surface area (Å²) >= 11 is 0. The van der Waals surface area contributed by atoms with Gasteiger partial charge >= 0.3 is 0 Å². The number of carbonyl (C=O) groups is 2. The molecule has 0 aliphatic heterocycles. The molecule has 0 aliphatic carbocycles. The quantitative estimate of drug-likeness (QED) is 0.477. The highest BCUT2D eigenvalue weighted by atomic mass is 19.1. The molecule has 0 N–H and O–H groups in total. The van der Waals surface area contributed by atoms with Crippen LogP contribution in [0.25, 0.3) is 23.3 Å². The Kier molecular flexibility index (Phi) is 6.94. The molecule has 3 nitrogen and oxygen atoms in total. The standard InChI is InChI=1S/C23H24FNO2/c1-15(2)22-19(7-5-13-26)21(17-9-11-18(24)12-10-17)20(8-6-14-27)23(25-22)16(3)4/h5-16H,1-4H3/b7-5+,8-6+. The highest BCUT2D eigenvalue weighted by Crippen LogP contribution is 2.38. The van der Waals surface area contributed by atoms with Crippen LogP contribution in [0.4, 0.5) is 4.39 Å². The molecule has 2 rings (SSSR count). The second kappa shape index (κ2) is 9.17. The van der Waals surface area contributed by atoms with Crippen molar-refractivity contribution in [3.8, 4) is 11.1 Å². The molecular formula is C23H24FNO2. The molecule has 0 radical (unpaired) electrons. The van der Waals surface area contributed by atoms with Crippen molar-refractivity contribution in [1.82, 2.24) is 4.98 Å². The number of aldehydes is 2. The maximum Gasteiger partial charge on any atom is 0.142 e. The van der Waals surface area contributed by atoms with Crippen LogP contribution in [0.1, 0.15) is 62.0 Å². The third kappa shape index (κ3) is 4.64. The maximum atomic E-state index is 13.5. The number of halogens is 1. The van der Waals surface area contributed by atoms with Gasteiger partial charge < -0.3 is 0 Å². The van der Waals surface area contributed by atoms with Gasteiger partial charge in [-0.2, -0.15) is 0 Å². The van der Waals surface area contributed by atoms with Gasteiger partial charge in [0.1, 0.15) is 18.4 Å². The largest absolute Gasteiger partial charge is 0.299 e. The molecule has 0 aliphatic rings. The van der Waals surface area contributed by atoms with Gasteiger partial charge in [-0.05, 0) is 59.4 Å². The lowest BCUT2D eigenvalue weighted by Crippen LogP contribution is -2.08. The van der Waals surface area contributed by atoms with Crippen LogP contribution in [0.2, 0.25) is 0 Å². The maximum absolute atomic E-state index is 13.5. The Morgan fingerprint density at radius 1 is 0.815 bits per heavy atom. The van der Waals surface area contributed by atoms with Crippen molar-refractivity contribution in [2.24, 2.45) is 0 Å². The van der Waals surface area contributed by atoms with Crippen molar-refractivity contribution in [1.29, 1.82) is 0 Å². The van der Waals surface area contributed by atoms with Gasteiger partial charge in [0.2, 0.25) is 0 Å². The highest BCUT2D eigenvalue weighted by Gasteiger charge is 2.21. The van der Waals surface area contributed by atoms with E-state index in [0.717, 1.165) is 46.2 Å². The van der Waals surface area contributed by atoms with Crippen LogP contribution < -0.4 is 0 Å². The number of nitrogens with zero attached hydrogens (tertiary/aromatic N) is 1. The molecule has 0 unspecified atom stereocenters. The lowest BCUT2D eigenvalue weighted by atomic mass is 9.86. The number of allylic oxidation sites excluding steroid dienone is 2. The van der Waals surface area contributed by atoms with E-state index in [4.69, 9.17) is 4.98 Å². The van der Waals surface area contributed by atoms with Crippen molar-refractivity contribution < 1.29 is 14.0 Å². The molecular weight excluding hydrogens is 341 g/mol. The Balaban J connectivity index is 3.00. The zero-order valence-electron chi connectivity index (χ0n) is 16.1. The lowest BCUT2D eigenvalue weighted by molar-refractivity contribution is -0.104. The van der Waals surface area contributed by atoms with E-state index in [1.807, 2.05) is 27.7 Å². The van der Waals surface area contributed by atoms with Crippen LogP contribution in [0, 0.1) is 5.82 Å². The fourth-order valence-electron chi connectivity index (χ4n) is 3.07. The predicted molar refractivity (Wildman–Crippen MR) is 108 cm³/mol.